The number of rotatable bonds is 7. The van der Waals surface area contributed by atoms with Crippen molar-refractivity contribution < 1.29 is 9.53 Å². The van der Waals surface area contributed by atoms with Gasteiger partial charge in [-0.05, 0) is 32.1 Å². The van der Waals surface area contributed by atoms with E-state index in [1.807, 2.05) is 0 Å². The molecule has 1 spiro atoms. The van der Waals surface area contributed by atoms with Crippen molar-refractivity contribution in [2.75, 3.05) is 7.11 Å². The minimum atomic E-state index is -0.00552. The Bertz CT molecular complexity index is 334. The Balaban J connectivity index is 1.91. The van der Waals surface area contributed by atoms with Gasteiger partial charge in [0.05, 0.1) is 6.10 Å². The van der Waals surface area contributed by atoms with E-state index in [9.17, 15) is 4.79 Å². The molecular weight excluding hydrogens is 236 g/mol. The molecule has 2 saturated carbocycles. The first kappa shape index (κ1) is 14.8. The van der Waals surface area contributed by atoms with Gasteiger partial charge in [-0.1, -0.05) is 38.3 Å². The van der Waals surface area contributed by atoms with Gasteiger partial charge in [-0.15, -0.1) is 0 Å². The molecule has 0 aromatic heterocycles. The molecule has 2 aliphatic carbocycles. The van der Waals surface area contributed by atoms with Crippen LogP contribution >= 0.6 is 0 Å². The fourth-order valence-corrected chi connectivity index (χ4v) is 3.90. The summed E-state index contributed by atoms with van der Waals surface area (Å²) in [5.74, 6) is 0.928. The van der Waals surface area contributed by atoms with E-state index in [1.165, 1.54) is 25.7 Å². The van der Waals surface area contributed by atoms with Crippen LogP contribution in [0.25, 0.3) is 0 Å². The van der Waals surface area contributed by atoms with Gasteiger partial charge in [0, 0.05) is 24.9 Å². The molecular formula is C17H28O2. The molecule has 19 heavy (non-hydrogen) atoms. The van der Waals surface area contributed by atoms with Gasteiger partial charge < -0.3 is 4.74 Å². The summed E-state index contributed by atoms with van der Waals surface area (Å²) in [6.07, 6.45) is 14.9. The first-order valence-corrected chi connectivity index (χ1v) is 7.97. The number of unbranched alkanes of at least 4 members (excludes halogenated alkanes) is 3. The molecule has 2 fully saturated rings. The van der Waals surface area contributed by atoms with E-state index in [0.717, 1.165) is 32.1 Å². The van der Waals surface area contributed by atoms with E-state index in [2.05, 4.69) is 19.1 Å². The zero-order valence-electron chi connectivity index (χ0n) is 12.5. The lowest BCUT2D eigenvalue weighted by atomic mass is 9.60. The van der Waals surface area contributed by atoms with Gasteiger partial charge in [0.2, 0.25) is 0 Å². The maximum Gasteiger partial charge on any atom is 0.139 e. The number of hydrogen-bond acceptors (Lipinski definition) is 2. The second-order valence-electron chi connectivity index (χ2n) is 6.20. The number of carbonyl (C=O) groups excluding carboxylic acids is 1. The Morgan fingerprint density at radius 1 is 1.42 bits per heavy atom. The van der Waals surface area contributed by atoms with Crippen LogP contribution in [0.4, 0.5) is 0 Å². The van der Waals surface area contributed by atoms with E-state index in [0.29, 0.717) is 11.7 Å². The summed E-state index contributed by atoms with van der Waals surface area (Å²) in [6, 6.07) is 0. The van der Waals surface area contributed by atoms with Crippen LogP contribution in [0, 0.1) is 11.3 Å². The van der Waals surface area contributed by atoms with Crippen molar-refractivity contribution >= 4 is 5.78 Å². The third kappa shape index (κ3) is 2.94. The fraction of sp³-hybridized carbons (Fsp3) is 0.824. The molecule has 0 N–H and O–H groups in total. The first-order valence-electron chi connectivity index (χ1n) is 7.97. The van der Waals surface area contributed by atoms with Crippen molar-refractivity contribution in [2.24, 2.45) is 11.3 Å². The topological polar surface area (TPSA) is 26.3 Å². The number of allylic oxidation sites excluding steroid dienone is 1. The summed E-state index contributed by atoms with van der Waals surface area (Å²) in [6.45, 7) is 2.23. The van der Waals surface area contributed by atoms with Crippen LogP contribution < -0.4 is 0 Å². The molecule has 0 aromatic carbocycles. The number of carbonyl (C=O) groups is 1. The highest BCUT2D eigenvalue weighted by Crippen LogP contribution is 2.55. The van der Waals surface area contributed by atoms with Crippen LogP contribution in [0.15, 0.2) is 12.2 Å². The van der Waals surface area contributed by atoms with Gasteiger partial charge in [-0.25, -0.2) is 0 Å². The van der Waals surface area contributed by atoms with Gasteiger partial charge in [0.25, 0.3) is 0 Å². The summed E-state index contributed by atoms with van der Waals surface area (Å²) in [7, 11) is 1.79. The normalized spacial score (nSPS) is 32.1. The van der Waals surface area contributed by atoms with E-state index >= 15 is 0 Å². The van der Waals surface area contributed by atoms with Crippen molar-refractivity contribution in [1.29, 1.82) is 0 Å². The minimum absolute atomic E-state index is 0.00552. The van der Waals surface area contributed by atoms with E-state index in [4.69, 9.17) is 4.74 Å². The standard InChI is InChI=1S/C17H28O2/c1-3-4-5-6-7-10-15(19-2)14-9-8-12-17(14)13-11-16(17)18/h7,10,14-15H,3-6,8-9,11-13H2,1-2H3/b10-7+/t14-,15-,17-/m1/s1. The van der Waals surface area contributed by atoms with Crippen molar-refractivity contribution in [3.05, 3.63) is 12.2 Å². The van der Waals surface area contributed by atoms with Gasteiger partial charge in [-0.3, -0.25) is 4.79 Å². The number of methoxy groups -OCH3 is 1. The summed E-state index contributed by atoms with van der Waals surface area (Å²) < 4.78 is 5.68. The molecule has 0 aromatic rings. The third-order valence-corrected chi connectivity index (χ3v) is 5.17. The monoisotopic (exact) mass is 264 g/mol. The van der Waals surface area contributed by atoms with Crippen LogP contribution in [0.5, 0.6) is 0 Å². The zero-order valence-corrected chi connectivity index (χ0v) is 12.5. The predicted molar refractivity (Wildman–Crippen MR) is 78.1 cm³/mol. The molecule has 0 bridgehead atoms. The lowest BCUT2D eigenvalue weighted by Gasteiger charge is -2.43. The van der Waals surface area contributed by atoms with Crippen molar-refractivity contribution in [2.45, 2.75) is 70.8 Å². The summed E-state index contributed by atoms with van der Waals surface area (Å²) in [5, 5.41) is 0. The molecule has 0 aliphatic heterocycles. The molecule has 0 heterocycles. The quantitative estimate of drug-likeness (QED) is 0.506. The average molecular weight is 264 g/mol. The molecule has 2 rings (SSSR count). The lowest BCUT2D eigenvalue weighted by Crippen LogP contribution is -2.47. The Labute approximate surface area is 117 Å². The van der Waals surface area contributed by atoms with Crippen LogP contribution in [0.1, 0.15) is 64.7 Å². The Morgan fingerprint density at radius 3 is 2.84 bits per heavy atom. The first-order chi connectivity index (χ1) is 9.24. The largest absolute Gasteiger partial charge is 0.377 e. The van der Waals surface area contributed by atoms with Crippen molar-refractivity contribution in [3.63, 3.8) is 0 Å². The predicted octanol–water partition coefficient (Wildman–Crippen LogP) is 4.29. The average Bonchev–Trinajstić information content (AvgIpc) is 2.88. The number of ketones is 1. The van der Waals surface area contributed by atoms with E-state index in [-0.39, 0.29) is 11.5 Å². The third-order valence-electron chi connectivity index (χ3n) is 5.17. The molecule has 0 amide bonds. The summed E-state index contributed by atoms with van der Waals surface area (Å²) >= 11 is 0. The SMILES string of the molecule is CCCCC/C=C/[C@@H](OC)[C@H]1CCC[C@@]12CCC2=O. The molecule has 0 saturated heterocycles. The molecule has 3 atom stereocenters. The molecule has 2 heteroatoms. The second kappa shape index (κ2) is 6.69. The van der Waals surface area contributed by atoms with Crippen LogP contribution in [0.2, 0.25) is 0 Å². The number of Topliss-reactive ketones (excluding diaryl/α,β-unsaturated/α-hetero) is 1. The Hall–Kier alpha value is -0.630. The Morgan fingerprint density at radius 2 is 2.26 bits per heavy atom. The van der Waals surface area contributed by atoms with Crippen molar-refractivity contribution in [3.8, 4) is 0 Å². The number of hydrogen-bond donors (Lipinski definition) is 0. The summed E-state index contributed by atoms with van der Waals surface area (Å²) in [5.41, 5.74) is -0.00552. The van der Waals surface area contributed by atoms with Crippen LogP contribution in [-0.4, -0.2) is 19.0 Å². The van der Waals surface area contributed by atoms with Crippen molar-refractivity contribution in [1.82, 2.24) is 0 Å². The molecule has 0 radical (unpaired) electrons. The smallest absolute Gasteiger partial charge is 0.139 e. The minimum Gasteiger partial charge on any atom is -0.377 e. The van der Waals surface area contributed by atoms with E-state index < -0.39 is 0 Å². The van der Waals surface area contributed by atoms with Crippen LogP contribution in [-0.2, 0) is 9.53 Å². The molecule has 2 aliphatic rings. The maximum absolute atomic E-state index is 12.0. The zero-order chi connectivity index (χ0) is 13.7. The highest BCUT2D eigenvalue weighted by atomic mass is 16.5. The van der Waals surface area contributed by atoms with Gasteiger partial charge >= 0.3 is 0 Å². The molecule has 108 valence electrons. The fourth-order valence-electron chi connectivity index (χ4n) is 3.90. The second-order valence-corrected chi connectivity index (χ2v) is 6.20. The van der Waals surface area contributed by atoms with E-state index in [1.54, 1.807) is 7.11 Å². The maximum atomic E-state index is 12.0. The summed E-state index contributed by atoms with van der Waals surface area (Å²) in [4.78, 5) is 12.0. The molecule has 0 unspecified atom stereocenters. The van der Waals surface area contributed by atoms with Crippen LogP contribution in [0.3, 0.4) is 0 Å². The number of ether oxygens (including phenoxy) is 1. The molecule has 2 nitrogen and oxygen atoms in total. The highest BCUT2D eigenvalue weighted by Gasteiger charge is 2.55. The van der Waals surface area contributed by atoms with Gasteiger partial charge in [0.15, 0.2) is 0 Å². The lowest BCUT2D eigenvalue weighted by molar-refractivity contribution is -0.144. The highest BCUT2D eigenvalue weighted by molar-refractivity contribution is 5.91. The van der Waals surface area contributed by atoms with Gasteiger partial charge in [-0.2, -0.15) is 0 Å². The Kier molecular flexibility index (Phi) is 5.20. The van der Waals surface area contributed by atoms with Gasteiger partial charge in [0.1, 0.15) is 5.78 Å².